The van der Waals surface area contributed by atoms with Gasteiger partial charge in [0.05, 0.1) is 12.1 Å². The number of nitrogens with zero attached hydrogens (tertiary/aromatic N) is 4. The van der Waals surface area contributed by atoms with Crippen LogP contribution in [0.1, 0.15) is 59.8 Å². The predicted molar refractivity (Wildman–Crippen MR) is 163 cm³/mol. The van der Waals surface area contributed by atoms with Crippen molar-refractivity contribution in [2.24, 2.45) is 0 Å². The van der Waals surface area contributed by atoms with Crippen LogP contribution in [0.15, 0.2) is 85.2 Å². The molecule has 4 heterocycles. The molecule has 2 N–H and O–H groups in total. The largest absolute Gasteiger partial charge is 0.371 e. The van der Waals surface area contributed by atoms with Crippen LogP contribution in [0.4, 0.5) is 23.0 Å². The first-order valence-corrected chi connectivity index (χ1v) is 15.0. The van der Waals surface area contributed by atoms with Gasteiger partial charge in [-0.3, -0.25) is 0 Å². The zero-order chi connectivity index (χ0) is 26.5. The van der Waals surface area contributed by atoms with Crippen molar-refractivity contribution < 1.29 is 0 Å². The Hall–Kier alpha value is -4.06. The second-order valence-corrected chi connectivity index (χ2v) is 11.7. The summed E-state index contributed by atoms with van der Waals surface area (Å²) in [6, 6.07) is 27.1. The zero-order valence-electron chi connectivity index (χ0n) is 22.8. The van der Waals surface area contributed by atoms with E-state index in [4.69, 9.17) is 9.97 Å². The molecule has 0 radical (unpaired) electrons. The molecular formula is C34H36N6. The van der Waals surface area contributed by atoms with Gasteiger partial charge in [0.2, 0.25) is 0 Å². The molecule has 0 amide bonds. The molecule has 0 saturated carbocycles. The van der Waals surface area contributed by atoms with Crippen LogP contribution in [0.5, 0.6) is 0 Å². The van der Waals surface area contributed by atoms with E-state index in [2.05, 4.69) is 93.2 Å². The molecule has 202 valence electrons. The summed E-state index contributed by atoms with van der Waals surface area (Å²) < 4.78 is 0. The van der Waals surface area contributed by atoms with Gasteiger partial charge < -0.3 is 20.4 Å². The van der Waals surface area contributed by atoms with Crippen molar-refractivity contribution >= 4 is 23.0 Å². The minimum Gasteiger partial charge on any atom is -0.371 e. The first-order valence-electron chi connectivity index (χ1n) is 15.0. The van der Waals surface area contributed by atoms with Gasteiger partial charge in [-0.25, -0.2) is 9.97 Å². The lowest BCUT2D eigenvalue weighted by Gasteiger charge is -2.51. The molecule has 0 unspecified atom stereocenters. The Morgan fingerprint density at radius 1 is 0.525 bits per heavy atom. The number of hydrogen-bond acceptors (Lipinski definition) is 6. The predicted octanol–water partition coefficient (Wildman–Crippen LogP) is 6.23. The van der Waals surface area contributed by atoms with Crippen molar-refractivity contribution in [3.63, 3.8) is 0 Å². The Kier molecular flexibility index (Phi) is 5.86. The number of benzene rings is 2. The fraction of sp³-hybridized carbons (Fsp3) is 0.353. The van der Waals surface area contributed by atoms with E-state index in [1.807, 2.05) is 12.4 Å². The summed E-state index contributed by atoms with van der Waals surface area (Å²) in [7, 11) is 0. The maximum absolute atomic E-state index is 4.82. The SMILES string of the molecule is c1ccc2c(c1)C1c3ccccc3C2[C@H](Nc2cc(N3CCCC3)ccn2)[C@H]1Nc1cc(N2CCCC2)ccn1. The van der Waals surface area contributed by atoms with E-state index in [-0.39, 0.29) is 23.9 Å². The molecule has 2 saturated heterocycles. The molecule has 40 heavy (non-hydrogen) atoms. The molecule has 2 aliphatic heterocycles. The topological polar surface area (TPSA) is 56.3 Å². The first-order chi connectivity index (χ1) is 19.8. The van der Waals surface area contributed by atoms with Gasteiger partial charge in [-0.2, -0.15) is 0 Å². The van der Waals surface area contributed by atoms with Gasteiger partial charge in [0.25, 0.3) is 0 Å². The highest BCUT2D eigenvalue weighted by molar-refractivity contribution is 5.64. The van der Waals surface area contributed by atoms with Gasteiger partial charge in [-0.1, -0.05) is 48.5 Å². The normalized spacial score (nSPS) is 24.6. The molecular weight excluding hydrogens is 492 g/mol. The fourth-order valence-electron chi connectivity index (χ4n) is 7.71. The maximum atomic E-state index is 4.82. The molecule has 5 aliphatic rings. The van der Waals surface area contributed by atoms with Crippen LogP contribution in [0.2, 0.25) is 0 Å². The van der Waals surface area contributed by atoms with Crippen molar-refractivity contribution in [1.29, 1.82) is 0 Å². The first kappa shape index (κ1) is 23.8. The minimum absolute atomic E-state index is 0.119. The van der Waals surface area contributed by atoms with Crippen LogP contribution in [0.3, 0.4) is 0 Å². The Labute approximate surface area is 236 Å². The molecule has 6 nitrogen and oxygen atoms in total. The lowest BCUT2D eigenvalue weighted by Crippen LogP contribution is -2.54. The Morgan fingerprint density at radius 3 is 1.27 bits per heavy atom. The van der Waals surface area contributed by atoms with Crippen LogP contribution in [-0.4, -0.2) is 48.2 Å². The summed E-state index contributed by atoms with van der Waals surface area (Å²) in [5.41, 5.74) is 8.24. The standard InChI is InChI=1S/C34H36N6/c1-2-10-26-25(9-1)31-27-11-3-4-12-28(27)32(26)34(38-30-22-24(14-16-36-30)40-19-7-8-20-40)33(31)37-29-21-23(13-15-35-29)39-17-5-6-18-39/h1-4,9-16,21-22,31-34H,5-8,17-20H2,(H,35,37)(H,36,38)/t31?,32?,33-,34-/m0/s1. The number of rotatable bonds is 6. The second-order valence-electron chi connectivity index (χ2n) is 11.7. The van der Waals surface area contributed by atoms with Gasteiger partial charge in [0.1, 0.15) is 11.6 Å². The summed E-state index contributed by atoms with van der Waals surface area (Å²) in [6.45, 7) is 4.51. The summed E-state index contributed by atoms with van der Waals surface area (Å²) in [5.74, 6) is 2.33. The van der Waals surface area contributed by atoms with Crippen molar-refractivity contribution in [1.82, 2.24) is 9.97 Å². The van der Waals surface area contributed by atoms with E-state index in [0.29, 0.717) is 0 Å². The van der Waals surface area contributed by atoms with E-state index >= 15 is 0 Å². The molecule has 2 bridgehead atoms. The summed E-state index contributed by atoms with van der Waals surface area (Å²) in [5, 5.41) is 7.92. The minimum atomic E-state index is 0.119. The molecule has 3 aliphatic carbocycles. The molecule has 2 aromatic heterocycles. The Bertz CT molecular complexity index is 1360. The number of fused-ring (bicyclic) bond motifs is 1. The fourth-order valence-corrected chi connectivity index (χ4v) is 7.71. The van der Waals surface area contributed by atoms with Crippen molar-refractivity contribution in [3.8, 4) is 0 Å². The highest BCUT2D eigenvalue weighted by Crippen LogP contribution is 2.54. The molecule has 2 atom stereocenters. The van der Waals surface area contributed by atoms with E-state index < -0.39 is 0 Å². The van der Waals surface area contributed by atoms with E-state index in [0.717, 1.165) is 37.8 Å². The highest BCUT2D eigenvalue weighted by atomic mass is 15.2. The summed E-state index contributed by atoms with van der Waals surface area (Å²) >= 11 is 0. The Morgan fingerprint density at radius 2 is 0.900 bits per heavy atom. The second kappa shape index (κ2) is 9.84. The number of aromatic nitrogens is 2. The van der Waals surface area contributed by atoms with Crippen LogP contribution in [-0.2, 0) is 0 Å². The molecule has 4 aromatic rings. The van der Waals surface area contributed by atoms with Gasteiger partial charge in [-0.05, 0) is 60.1 Å². The molecule has 2 fully saturated rings. The highest BCUT2D eigenvalue weighted by Gasteiger charge is 2.50. The third-order valence-electron chi connectivity index (χ3n) is 9.50. The molecule has 6 heteroatoms. The third kappa shape index (κ3) is 4.00. The van der Waals surface area contributed by atoms with Crippen LogP contribution in [0, 0.1) is 0 Å². The molecule has 9 rings (SSSR count). The zero-order valence-corrected chi connectivity index (χ0v) is 22.8. The Balaban J connectivity index is 1.20. The van der Waals surface area contributed by atoms with E-state index in [9.17, 15) is 0 Å². The average molecular weight is 529 g/mol. The number of hydrogen-bond donors (Lipinski definition) is 2. The quantitative estimate of drug-likeness (QED) is 0.310. The van der Waals surface area contributed by atoms with Crippen molar-refractivity contribution in [3.05, 3.63) is 107 Å². The van der Waals surface area contributed by atoms with Gasteiger partial charge >= 0.3 is 0 Å². The maximum Gasteiger partial charge on any atom is 0.128 e. The van der Waals surface area contributed by atoms with Crippen LogP contribution >= 0.6 is 0 Å². The lowest BCUT2D eigenvalue weighted by atomic mass is 9.59. The monoisotopic (exact) mass is 528 g/mol. The van der Waals surface area contributed by atoms with Crippen LogP contribution < -0.4 is 20.4 Å². The summed E-state index contributed by atoms with van der Waals surface area (Å²) in [4.78, 5) is 14.6. The average Bonchev–Trinajstić information content (AvgIpc) is 3.74. The molecule has 2 aromatic carbocycles. The van der Waals surface area contributed by atoms with E-state index in [1.54, 1.807) is 0 Å². The van der Waals surface area contributed by atoms with Crippen molar-refractivity contribution in [2.75, 3.05) is 46.6 Å². The van der Waals surface area contributed by atoms with Gasteiger partial charge in [-0.15, -0.1) is 0 Å². The van der Waals surface area contributed by atoms with Gasteiger partial charge in [0, 0.05) is 73.9 Å². The lowest BCUT2D eigenvalue weighted by molar-refractivity contribution is 0.426. The summed E-state index contributed by atoms with van der Waals surface area (Å²) in [6.07, 6.45) is 8.98. The van der Waals surface area contributed by atoms with E-state index in [1.165, 1.54) is 59.3 Å². The third-order valence-corrected chi connectivity index (χ3v) is 9.50. The van der Waals surface area contributed by atoms with Crippen molar-refractivity contribution in [2.45, 2.75) is 49.6 Å². The number of nitrogens with one attached hydrogen (secondary N) is 2. The number of pyridine rings is 2. The smallest absolute Gasteiger partial charge is 0.128 e. The van der Waals surface area contributed by atoms with Crippen LogP contribution in [0.25, 0.3) is 0 Å². The van der Waals surface area contributed by atoms with Gasteiger partial charge in [0.15, 0.2) is 0 Å². The number of anilines is 4. The molecule has 0 spiro atoms.